The predicted molar refractivity (Wildman–Crippen MR) is 79.1 cm³/mol. The van der Waals surface area contributed by atoms with Crippen molar-refractivity contribution in [2.75, 3.05) is 6.61 Å². The Bertz CT molecular complexity index is 495. The Morgan fingerprint density at radius 3 is 2.71 bits per heavy atom. The van der Waals surface area contributed by atoms with Gasteiger partial charge >= 0.3 is 5.97 Å². The summed E-state index contributed by atoms with van der Waals surface area (Å²) in [4.78, 5) is 23.4. The summed E-state index contributed by atoms with van der Waals surface area (Å²) in [6.45, 7) is 3.92. The number of carbonyl (C=O) groups excluding carboxylic acids is 2. The monoisotopic (exact) mass is 288 g/mol. The minimum absolute atomic E-state index is 0.0847. The van der Waals surface area contributed by atoms with E-state index in [0.717, 1.165) is 0 Å². The summed E-state index contributed by atoms with van der Waals surface area (Å²) in [5.41, 5.74) is 0.530. The first-order valence-electron chi connectivity index (χ1n) is 7.19. The number of carbonyl (C=O) groups is 2. The summed E-state index contributed by atoms with van der Waals surface area (Å²) in [5.74, 6) is -0.145. The molecule has 2 rings (SSSR count). The second-order valence-corrected chi connectivity index (χ2v) is 5.14. The van der Waals surface area contributed by atoms with Gasteiger partial charge in [0, 0.05) is 19.3 Å². The second-order valence-electron chi connectivity index (χ2n) is 5.14. The molecule has 1 heterocycles. The summed E-state index contributed by atoms with van der Waals surface area (Å²) in [5, 5.41) is 0. The fourth-order valence-corrected chi connectivity index (χ4v) is 2.40. The molecule has 0 radical (unpaired) electrons. The van der Waals surface area contributed by atoms with Crippen molar-refractivity contribution in [3.8, 4) is 0 Å². The Kier molecular flexibility index (Phi) is 5.69. The fraction of sp³-hybridized carbons (Fsp3) is 0.412. The smallest absolute Gasteiger partial charge is 0.338 e. The van der Waals surface area contributed by atoms with E-state index in [-0.39, 0.29) is 30.6 Å². The quantitative estimate of drug-likeness (QED) is 0.596. The van der Waals surface area contributed by atoms with Crippen molar-refractivity contribution < 1.29 is 19.1 Å². The molecule has 0 aromatic heterocycles. The minimum atomic E-state index is -0.347. The van der Waals surface area contributed by atoms with Crippen LogP contribution in [0, 0.1) is 0 Å². The van der Waals surface area contributed by atoms with Crippen LogP contribution in [-0.4, -0.2) is 30.6 Å². The van der Waals surface area contributed by atoms with Crippen LogP contribution in [0.25, 0.3) is 0 Å². The molecule has 21 heavy (non-hydrogen) atoms. The normalized spacial score (nSPS) is 21.8. The summed E-state index contributed by atoms with van der Waals surface area (Å²) >= 11 is 0. The number of hydrogen-bond donors (Lipinski definition) is 0. The molecule has 4 heteroatoms. The topological polar surface area (TPSA) is 52.6 Å². The van der Waals surface area contributed by atoms with Crippen molar-refractivity contribution >= 4 is 11.8 Å². The predicted octanol–water partition coefficient (Wildman–Crippen LogP) is 2.93. The van der Waals surface area contributed by atoms with E-state index in [9.17, 15) is 9.59 Å². The molecule has 1 aliphatic heterocycles. The molecular formula is C17H20O4. The highest BCUT2D eigenvalue weighted by atomic mass is 16.5. The summed E-state index contributed by atoms with van der Waals surface area (Å²) < 4.78 is 11.0. The van der Waals surface area contributed by atoms with Gasteiger partial charge in [-0.25, -0.2) is 4.79 Å². The lowest BCUT2D eigenvalue weighted by atomic mass is 9.99. The molecule has 0 unspecified atom stereocenters. The van der Waals surface area contributed by atoms with E-state index in [1.807, 2.05) is 6.07 Å². The van der Waals surface area contributed by atoms with Gasteiger partial charge < -0.3 is 9.47 Å². The molecule has 2 atom stereocenters. The SMILES string of the molecule is C=CC[C@H]1CC(=O)C[C@H](CCOC(=O)c2ccccc2)O1. The van der Waals surface area contributed by atoms with E-state index in [0.29, 0.717) is 31.2 Å². The first kappa shape index (κ1) is 15.4. The Morgan fingerprint density at radius 1 is 1.29 bits per heavy atom. The van der Waals surface area contributed by atoms with Crippen LogP contribution in [0.3, 0.4) is 0 Å². The molecule has 112 valence electrons. The van der Waals surface area contributed by atoms with Gasteiger partial charge in [0.1, 0.15) is 5.78 Å². The molecule has 1 saturated heterocycles. The number of esters is 1. The van der Waals surface area contributed by atoms with Crippen LogP contribution < -0.4 is 0 Å². The molecule has 0 amide bonds. The van der Waals surface area contributed by atoms with Crippen LogP contribution in [0.4, 0.5) is 0 Å². The molecule has 1 aliphatic rings. The zero-order valence-electron chi connectivity index (χ0n) is 12.0. The van der Waals surface area contributed by atoms with E-state index in [1.54, 1.807) is 30.3 Å². The number of ether oxygens (including phenoxy) is 2. The maximum Gasteiger partial charge on any atom is 0.338 e. The first-order valence-corrected chi connectivity index (χ1v) is 7.19. The zero-order valence-corrected chi connectivity index (χ0v) is 12.0. The van der Waals surface area contributed by atoms with E-state index in [1.165, 1.54) is 0 Å². The van der Waals surface area contributed by atoms with Gasteiger partial charge in [-0.3, -0.25) is 4.79 Å². The van der Waals surface area contributed by atoms with Crippen LogP contribution in [0.15, 0.2) is 43.0 Å². The lowest BCUT2D eigenvalue weighted by Crippen LogP contribution is -2.33. The van der Waals surface area contributed by atoms with Gasteiger partial charge in [-0.05, 0) is 18.6 Å². The Labute approximate surface area is 124 Å². The van der Waals surface area contributed by atoms with Gasteiger partial charge in [-0.15, -0.1) is 6.58 Å². The molecule has 0 saturated carbocycles. The Hall–Kier alpha value is -1.94. The summed E-state index contributed by atoms with van der Waals surface area (Å²) in [6.07, 6.45) is 3.57. The molecule has 4 nitrogen and oxygen atoms in total. The molecule has 0 spiro atoms. The third kappa shape index (κ3) is 4.83. The van der Waals surface area contributed by atoms with Crippen LogP contribution in [0.5, 0.6) is 0 Å². The average Bonchev–Trinajstić information content (AvgIpc) is 2.48. The summed E-state index contributed by atoms with van der Waals surface area (Å²) in [6, 6.07) is 8.85. The van der Waals surface area contributed by atoms with Gasteiger partial charge in [-0.1, -0.05) is 24.3 Å². The van der Waals surface area contributed by atoms with Crippen molar-refractivity contribution in [1.29, 1.82) is 0 Å². The molecule has 1 fully saturated rings. The molecular weight excluding hydrogens is 268 g/mol. The second kappa shape index (κ2) is 7.74. The maximum atomic E-state index is 11.8. The Balaban J connectivity index is 1.76. The van der Waals surface area contributed by atoms with Gasteiger partial charge in [0.05, 0.1) is 24.4 Å². The van der Waals surface area contributed by atoms with Crippen molar-refractivity contribution in [1.82, 2.24) is 0 Å². The lowest BCUT2D eigenvalue weighted by molar-refractivity contribution is -0.136. The van der Waals surface area contributed by atoms with Gasteiger partial charge in [0.2, 0.25) is 0 Å². The third-order valence-corrected chi connectivity index (χ3v) is 3.41. The van der Waals surface area contributed by atoms with Crippen LogP contribution in [0.1, 0.15) is 36.0 Å². The van der Waals surface area contributed by atoms with E-state index >= 15 is 0 Å². The standard InChI is InChI=1S/C17H20O4/c1-2-6-15-11-14(18)12-16(21-15)9-10-20-17(19)13-7-4-3-5-8-13/h2-5,7-8,15-16H,1,6,9-12H2/t15-,16-/m0/s1. The van der Waals surface area contributed by atoms with Gasteiger partial charge in [0.15, 0.2) is 0 Å². The van der Waals surface area contributed by atoms with Crippen LogP contribution in [0.2, 0.25) is 0 Å². The highest BCUT2D eigenvalue weighted by Crippen LogP contribution is 2.21. The van der Waals surface area contributed by atoms with Crippen molar-refractivity contribution in [3.63, 3.8) is 0 Å². The molecule has 0 N–H and O–H groups in total. The number of hydrogen-bond acceptors (Lipinski definition) is 4. The fourth-order valence-electron chi connectivity index (χ4n) is 2.40. The third-order valence-electron chi connectivity index (χ3n) is 3.41. The van der Waals surface area contributed by atoms with Crippen LogP contribution >= 0.6 is 0 Å². The molecule has 0 aliphatic carbocycles. The van der Waals surface area contributed by atoms with Crippen LogP contribution in [-0.2, 0) is 14.3 Å². The largest absolute Gasteiger partial charge is 0.462 e. The molecule has 1 aromatic rings. The van der Waals surface area contributed by atoms with E-state index in [4.69, 9.17) is 9.47 Å². The maximum absolute atomic E-state index is 11.8. The van der Waals surface area contributed by atoms with Crippen molar-refractivity contribution in [2.45, 2.75) is 37.9 Å². The van der Waals surface area contributed by atoms with E-state index in [2.05, 4.69) is 6.58 Å². The van der Waals surface area contributed by atoms with Gasteiger partial charge in [0.25, 0.3) is 0 Å². The van der Waals surface area contributed by atoms with Gasteiger partial charge in [-0.2, -0.15) is 0 Å². The molecule has 0 bridgehead atoms. The Morgan fingerprint density at radius 2 is 2.00 bits per heavy atom. The number of benzene rings is 1. The summed E-state index contributed by atoms with van der Waals surface area (Å²) in [7, 11) is 0. The first-order chi connectivity index (χ1) is 10.2. The minimum Gasteiger partial charge on any atom is -0.462 e. The molecule has 1 aromatic carbocycles. The van der Waals surface area contributed by atoms with E-state index < -0.39 is 0 Å². The highest BCUT2D eigenvalue weighted by molar-refractivity contribution is 5.89. The number of Topliss-reactive ketones (excluding diaryl/α,β-unsaturated/α-hetero) is 1. The number of rotatable bonds is 6. The zero-order chi connectivity index (χ0) is 15.1. The van der Waals surface area contributed by atoms with Crippen molar-refractivity contribution in [3.05, 3.63) is 48.6 Å². The highest BCUT2D eigenvalue weighted by Gasteiger charge is 2.27. The number of ketones is 1. The lowest BCUT2D eigenvalue weighted by Gasteiger charge is -2.28. The average molecular weight is 288 g/mol. The van der Waals surface area contributed by atoms with Crippen molar-refractivity contribution in [2.24, 2.45) is 0 Å².